The molecule has 2 aromatic rings. The minimum atomic E-state index is -0.447. The molecule has 8 heteroatoms. The fourth-order valence-electron chi connectivity index (χ4n) is 2.37. The number of nitrogens with one attached hydrogen (secondary N) is 1. The number of hydrogen-bond donors (Lipinski definition) is 2. The fraction of sp³-hybridized carbons (Fsp3) is 0.412. The molecule has 0 aliphatic carbocycles. The first kappa shape index (κ1) is 18.6. The fourth-order valence-corrected chi connectivity index (χ4v) is 2.37. The largest absolute Gasteiger partial charge is 0.446 e. The van der Waals surface area contributed by atoms with E-state index >= 15 is 0 Å². The molecular weight excluding hydrogens is 324 g/mol. The Labute approximate surface area is 145 Å². The standard InChI is InChI=1S/C17H22N4O4/c1-11(2)9-14(18)17-20-15(10-25-17)16(22)19-8-7-12-3-5-13(6-4-12)21(23)24/h3-6,10-11,14H,7-9,18H2,1-2H3,(H,19,22). The van der Waals surface area contributed by atoms with E-state index in [9.17, 15) is 14.9 Å². The normalized spacial score (nSPS) is 12.2. The number of amides is 1. The zero-order chi connectivity index (χ0) is 18.4. The second-order valence-corrected chi connectivity index (χ2v) is 6.24. The van der Waals surface area contributed by atoms with E-state index in [1.54, 1.807) is 12.1 Å². The van der Waals surface area contributed by atoms with Crippen LogP contribution in [0.1, 0.15) is 48.3 Å². The Morgan fingerprint density at radius 2 is 2.04 bits per heavy atom. The van der Waals surface area contributed by atoms with Crippen LogP contribution in [-0.4, -0.2) is 22.4 Å². The van der Waals surface area contributed by atoms with Crippen LogP contribution in [0.3, 0.4) is 0 Å². The molecule has 1 aromatic carbocycles. The highest BCUT2D eigenvalue weighted by Gasteiger charge is 2.17. The summed E-state index contributed by atoms with van der Waals surface area (Å²) < 4.78 is 5.29. The molecule has 0 fully saturated rings. The average molecular weight is 346 g/mol. The van der Waals surface area contributed by atoms with Gasteiger partial charge in [-0.3, -0.25) is 14.9 Å². The molecular formula is C17H22N4O4. The summed E-state index contributed by atoms with van der Waals surface area (Å²) in [6.07, 6.45) is 2.58. The first-order valence-corrected chi connectivity index (χ1v) is 8.09. The first-order valence-electron chi connectivity index (χ1n) is 8.09. The second-order valence-electron chi connectivity index (χ2n) is 6.24. The molecule has 0 bridgehead atoms. The van der Waals surface area contributed by atoms with Crippen molar-refractivity contribution in [3.05, 3.63) is 57.8 Å². The summed E-state index contributed by atoms with van der Waals surface area (Å²) in [7, 11) is 0. The molecule has 0 saturated heterocycles. The predicted molar refractivity (Wildman–Crippen MR) is 92.0 cm³/mol. The van der Waals surface area contributed by atoms with E-state index in [1.165, 1.54) is 18.4 Å². The molecule has 2 rings (SSSR count). The molecule has 134 valence electrons. The molecule has 1 heterocycles. The zero-order valence-corrected chi connectivity index (χ0v) is 14.3. The summed E-state index contributed by atoms with van der Waals surface area (Å²) in [6, 6.07) is 5.89. The van der Waals surface area contributed by atoms with Crippen LogP contribution < -0.4 is 11.1 Å². The van der Waals surface area contributed by atoms with Gasteiger partial charge in [-0.05, 0) is 24.3 Å². The van der Waals surface area contributed by atoms with Gasteiger partial charge < -0.3 is 15.5 Å². The number of non-ortho nitro benzene ring substituents is 1. The summed E-state index contributed by atoms with van der Waals surface area (Å²) >= 11 is 0. The van der Waals surface area contributed by atoms with E-state index in [4.69, 9.17) is 10.2 Å². The lowest BCUT2D eigenvalue weighted by Crippen LogP contribution is -2.26. The summed E-state index contributed by atoms with van der Waals surface area (Å²) in [5, 5.41) is 13.3. The summed E-state index contributed by atoms with van der Waals surface area (Å²) in [6.45, 7) is 4.49. The van der Waals surface area contributed by atoms with Crippen molar-refractivity contribution >= 4 is 11.6 Å². The Balaban J connectivity index is 1.84. The molecule has 0 spiro atoms. The molecule has 1 atom stereocenters. The van der Waals surface area contributed by atoms with Gasteiger partial charge in [0.05, 0.1) is 11.0 Å². The molecule has 3 N–H and O–H groups in total. The van der Waals surface area contributed by atoms with E-state index in [0.717, 1.165) is 12.0 Å². The van der Waals surface area contributed by atoms with Crippen molar-refractivity contribution in [1.29, 1.82) is 0 Å². The second kappa shape index (κ2) is 8.39. The van der Waals surface area contributed by atoms with Crippen LogP contribution in [0.2, 0.25) is 0 Å². The van der Waals surface area contributed by atoms with E-state index < -0.39 is 4.92 Å². The lowest BCUT2D eigenvalue weighted by atomic mass is 10.0. The SMILES string of the molecule is CC(C)CC(N)c1nc(C(=O)NCCc2ccc([N+](=O)[O-])cc2)co1. The molecule has 1 amide bonds. The Kier molecular flexibility index (Phi) is 6.24. The van der Waals surface area contributed by atoms with Gasteiger partial charge >= 0.3 is 0 Å². The third kappa shape index (κ3) is 5.39. The molecule has 0 radical (unpaired) electrons. The molecule has 0 aliphatic rings. The van der Waals surface area contributed by atoms with Gasteiger partial charge in [-0.15, -0.1) is 0 Å². The molecule has 0 saturated carbocycles. The van der Waals surface area contributed by atoms with Crippen LogP contribution in [0.4, 0.5) is 5.69 Å². The first-order chi connectivity index (χ1) is 11.9. The number of nitro groups is 1. The van der Waals surface area contributed by atoms with Crippen LogP contribution in [0.5, 0.6) is 0 Å². The number of carbonyl (C=O) groups excluding carboxylic acids is 1. The van der Waals surface area contributed by atoms with Gasteiger partial charge in [-0.25, -0.2) is 4.98 Å². The quantitative estimate of drug-likeness (QED) is 0.559. The molecule has 0 aliphatic heterocycles. The number of hydrogen-bond acceptors (Lipinski definition) is 6. The van der Waals surface area contributed by atoms with Crippen molar-refractivity contribution in [2.75, 3.05) is 6.54 Å². The van der Waals surface area contributed by atoms with Gasteiger partial charge in [0.1, 0.15) is 6.26 Å². The number of rotatable bonds is 8. The van der Waals surface area contributed by atoms with E-state index in [-0.39, 0.29) is 23.3 Å². The minimum Gasteiger partial charge on any atom is -0.446 e. The Bertz CT molecular complexity index is 725. The maximum absolute atomic E-state index is 12.1. The number of benzene rings is 1. The highest BCUT2D eigenvalue weighted by atomic mass is 16.6. The maximum Gasteiger partial charge on any atom is 0.273 e. The Hall–Kier alpha value is -2.74. The molecule has 25 heavy (non-hydrogen) atoms. The highest BCUT2D eigenvalue weighted by molar-refractivity contribution is 5.91. The maximum atomic E-state index is 12.1. The predicted octanol–water partition coefficient (Wildman–Crippen LogP) is 2.60. The lowest BCUT2D eigenvalue weighted by molar-refractivity contribution is -0.384. The van der Waals surface area contributed by atoms with E-state index in [2.05, 4.69) is 24.1 Å². The zero-order valence-electron chi connectivity index (χ0n) is 14.3. The van der Waals surface area contributed by atoms with Crippen molar-refractivity contribution < 1.29 is 14.1 Å². The van der Waals surface area contributed by atoms with Crippen molar-refractivity contribution in [2.45, 2.75) is 32.7 Å². The number of aromatic nitrogens is 1. The number of nitrogens with zero attached hydrogens (tertiary/aromatic N) is 2. The Morgan fingerprint density at radius 3 is 2.64 bits per heavy atom. The summed E-state index contributed by atoms with van der Waals surface area (Å²) in [5.74, 6) is 0.420. The van der Waals surface area contributed by atoms with E-state index in [0.29, 0.717) is 24.8 Å². The van der Waals surface area contributed by atoms with Crippen LogP contribution >= 0.6 is 0 Å². The monoisotopic (exact) mass is 346 g/mol. The number of nitrogens with two attached hydrogens (primary N) is 1. The van der Waals surface area contributed by atoms with Gasteiger partial charge in [0, 0.05) is 18.7 Å². The smallest absolute Gasteiger partial charge is 0.273 e. The Morgan fingerprint density at radius 1 is 1.36 bits per heavy atom. The van der Waals surface area contributed by atoms with E-state index in [1.807, 2.05) is 0 Å². The van der Waals surface area contributed by atoms with Crippen molar-refractivity contribution in [3.8, 4) is 0 Å². The molecule has 1 aromatic heterocycles. The molecule has 1 unspecified atom stereocenters. The van der Waals surface area contributed by atoms with Gasteiger partial charge in [-0.2, -0.15) is 0 Å². The number of nitro benzene ring substituents is 1. The number of carbonyl (C=O) groups is 1. The number of oxazole rings is 1. The van der Waals surface area contributed by atoms with Crippen LogP contribution in [0.25, 0.3) is 0 Å². The van der Waals surface area contributed by atoms with Crippen molar-refractivity contribution in [2.24, 2.45) is 11.7 Å². The van der Waals surface area contributed by atoms with Gasteiger partial charge in [0.25, 0.3) is 11.6 Å². The third-order valence-corrected chi connectivity index (χ3v) is 3.64. The average Bonchev–Trinajstić information content (AvgIpc) is 3.05. The van der Waals surface area contributed by atoms with Gasteiger partial charge in [0.2, 0.25) is 5.89 Å². The molecule has 8 nitrogen and oxygen atoms in total. The van der Waals surface area contributed by atoms with Crippen molar-refractivity contribution in [1.82, 2.24) is 10.3 Å². The van der Waals surface area contributed by atoms with Gasteiger partial charge in [-0.1, -0.05) is 26.0 Å². The summed E-state index contributed by atoms with van der Waals surface area (Å²) in [5.41, 5.74) is 7.11. The topological polar surface area (TPSA) is 124 Å². The van der Waals surface area contributed by atoms with Crippen molar-refractivity contribution in [3.63, 3.8) is 0 Å². The van der Waals surface area contributed by atoms with Crippen LogP contribution in [-0.2, 0) is 6.42 Å². The van der Waals surface area contributed by atoms with Crippen LogP contribution in [0.15, 0.2) is 34.9 Å². The van der Waals surface area contributed by atoms with Crippen LogP contribution in [0, 0.1) is 16.0 Å². The lowest BCUT2D eigenvalue weighted by Gasteiger charge is -2.09. The van der Waals surface area contributed by atoms with Gasteiger partial charge in [0.15, 0.2) is 5.69 Å². The third-order valence-electron chi connectivity index (χ3n) is 3.64. The summed E-state index contributed by atoms with van der Waals surface area (Å²) in [4.78, 5) is 26.4. The minimum absolute atomic E-state index is 0.0423. The highest BCUT2D eigenvalue weighted by Crippen LogP contribution is 2.18.